The van der Waals surface area contributed by atoms with Gasteiger partial charge >= 0.3 is 5.97 Å². The van der Waals surface area contributed by atoms with E-state index in [9.17, 15) is 14.4 Å². The van der Waals surface area contributed by atoms with Gasteiger partial charge in [-0.15, -0.1) is 0 Å². The molecule has 6 heteroatoms. The molecule has 0 aromatic heterocycles. The Labute approximate surface area is 175 Å². The largest absolute Gasteiger partial charge is 0.488 e. The fourth-order valence-electron chi connectivity index (χ4n) is 2.60. The van der Waals surface area contributed by atoms with Crippen molar-refractivity contribution >= 4 is 33.5 Å². The van der Waals surface area contributed by atoms with Crippen molar-refractivity contribution in [2.24, 2.45) is 0 Å². The number of nitriles is 1. The molecule has 3 aromatic rings. The Morgan fingerprint density at radius 1 is 1.07 bits per heavy atom. The molecule has 144 valence electrons. The lowest BCUT2D eigenvalue weighted by Gasteiger charge is -2.09. The van der Waals surface area contributed by atoms with Crippen LogP contribution in [0.25, 0.3) is 11.6 Å². The first-order valence-corrected chi connectivity index (χ1v) is 9.38. The van der Waals surface area contributed by atoms with Gasteiger partial charge in [0.15, 0.2) is 0 Å². The molecule has 4 nitrogen and oxygen atoms in total. The summed E-state index contributed by atoms with van der Waals surface area (Å²) >= 11 is 3.46. The van der Waals surface area contributed by atoms with E-state index in [1.54, 1.807) is 36.4 Å². The first kappa shape index (κ1) is 20.3. The van der Waals surface area contributed by atoms with Crippen molar-refractivity contribution in [3.05, 3.63) is 99.3 Å². The van der Waals surface area contributed by atoms with Crippen LogP contribution in [0.1, 0.15) is 27.0 Å². The number of carboxylic acids is 1. The summed E-state index contributed by atoms with van der Waals surface area (Å²) in [4.78, 5) is 10.9. The zero-order valence-electron chi connectivity index (χ0n) is 15.1. The molecular formula is C23H15BrFNO3. The van der Waals surface area contributed by atoms with Crippen LogP contribution >= 0.6 is 15.9 Å². The molecule has 0 unspecified atom stereocenters. The zero-order chi connectivity index (χ0) is 20.8. The Morgan fingerprint density at radius 2 is 1.72 bits per heavy atom. The lowest BCUT2D eigenvalue weighted by atomic mass is 10.0. The molecular weight excluding hydrogens is 437 g/mol. The molecule has 1 N–H and O–H groups in total. The number of carbonyl (C=O) groups is 1. The molecule has 0 atom stereocenters. The van der Waals surface area contributed by atoms with Crippen molar-refractivity contribution < 1.29 is 19.0 Å². The van der Waals surface area contributed by atoms with Gasteiger partial charge in [-0.1, -0.05) is 30.3 Å². The van der Waals surface area contributed by atoms with Crippen LogP contribution in [0, 0.1) is 17.1 Å². The number of carboxylic acid groups (broad SMARTS) is 1. The highest BCUT2D eigenvalue weighted by molar-refractivity contribution is 9.10. The van der Waals surface area contributed by atoms with Gasteiger partial charge in [0, 0.05) is 0 Å². The molecule has 0 saturated heterocycles. The molecule has 0 saturated carbocycles. The Hall–Kier alpha value is -3.43. The number of benzene rings is 3. The van der Waals surface area contributed by atoms with E-state index < -0.39 is 5.97 Å². The van der Waals surface area contributed by atoms with Gasteiger partial charge in [0.25, 0.3) is 0 Å². The first-order valence-electron chi connectivity index (χ1n) is 8.58. The highest BCUT2D eigenvalue weighted by Crippen LogP contribution is 2.29. The molecule has 0 radical (unpaired) electrons. The first-order chi connectivity index (χ1) is 14.0. The highest BCUT2D eigenvalue weighted by atomic mass is 79.9. The average Bonchev–Trinajstić information content (AvgIpc) is 2.72. The molecule has 0 heterocycles. The second-order valence-corrected chi connectivity index (χ2v) is 7.01. The van der Waals surface area contributed by atoms with E-state index in [2.05, 4.69) is 22.0 Å². The number of hydrogen-bond donors (Lipinski definition) is 1. The van der Waals surface area contributed by atoms with Gasteiger partial charge in [-0.25, -0.2) is 9.18 Å². The Bertz CT molecular complexity index is 1100. The maximum atomic E-state index is 13.1. The van der Waals surface area contributed by atoms with Crippen LogP contribution < -0.4 is 4.74 Å². The van der Waals surface area contributed by atoms with Gasteiger partial charge in [0.2, 0.25) is 0 Å². The lowest BCUT2D eigenvalue weighted by Crippen LogP contribution is -1.99. The number of allylic oxidation sites excluding steroid dienone is 1. The third-order valence-electron chi connectivity index (χ3n) is 4.14. The Balaban J connectivity index is 1.73. The smallest absolute Gasteiger partial charge is 0.335 e. The van der Waals surface area contributed by atoms with Crippen molar-refractivity contribution in [1.29, 1.82) is 5.26 Å². The van der Waals surface area contributed by atoms with Crippen LogP contribution in [-0.4, -0.2) is 11.1 Å². The van der Waals surface area contributed by atoms with Crippen LogP contribution in [0.5, 0.6) is 5.75 Å². The SMILES string of the molecule is N#CC(=Cc1ccc(OCc2ccc(C(=O)O)cc2)c(Br)c1)c1ccc(F)cc1. The molecule has 0 bridgehead atoms. The fourth-order valence-corrected chi connectivity index (χ4v) is 3.12. The summed E-state index contributed by atoms with van der Waals surface area (Å²) in [5.41, 5.74) is 2.91. The zero-order valence-corrected chi connectivity index (χ0v) is 16.7. The number of ether oxygens (including phenoxy) is 1. The van der Waals surface area contributed by atoms with Crippen LogP contribution in [0.2, 0.25) is 0 Å². The van der Waals surface area contributed by atoms with Crippen molar-refractivity contribution in [3.63, 3.8) is 0 Å². The third-order valence-corrected chi connectivity index (χ3v) is 4.76. The van der Waals surface area contributed by atoms with E-state index >= 15 is 0 Å². The van der Waals surface area contributed by atoms with E-state index in [0.717, 1.165) is 11.1 Å². The number of rotatable bonds is 6. The van der Waals surface area contributed by atoms with Crippen molar-refractivity contribution in [3.8, 4) is 11.8 Å². The van der Waals surface area contributed by atoms with Crippen LogP contribution in [0.15, 0.2) is 71.2 Å². The molecule has 0 aliphatic carbocycles. The molecule has 3 rings (SSSR count). The van der Waals surface area contributed by atoms with Crippen molar-refractivity contribution in [1.82, 2.24) is 0 Å². The van der Waals surface area contributed by atoms with E-state index in [0.29, 0.717) is 21.4 Å². The Kier molecular flexibility index (Phi) is 6.43. The summed E-state index contributed by atoms with van der Waals surface area (Å²) < 4.78 is 19.6. The van der Waals surface area contributed by atoms with Crippen LogP contribution in [0.4, 0.5) is 4.39 Å². The summed E-state index contributed by atoms with van der Waals surface area (Å²) in [6.45, 7) is 0.284. The maximum absolute atomic E-state index is 13.1. The van der Waals surface area contributed by atoms with E-state index in [1.165, 1.54) is 24.3 Å². The summed E-state index contributed by atoms with van der Waals surface area (Å²) in [7, 11) is 0. The molecule has 0 spiro atoms. The number of hydrogen-bond acceptors (Lipinski definition) is 3. The number of halogens is 2. The van der Waals surface area contributed by atoms with Crippen LogP contribution in [-0.2, 0) is 6.61 Å². The summed E-state index contributed by atoms with van der Waals surface area (Å²) in [6.07, 6.45) is 1.71. The maximum Gasteiger partial charge on any atom is 0.335 e. The molecule has 0 aliphatic rings. The second kappa shape index (κ2) is 9.18. The monoisotopic (exact) mass is 451 g/mol. The van der Waals surface area contributed by atoms with E-state index in [4.69, 9.17) is 9.84 Å². The summed E-state index contributed by atoms with van der Waals surface area (Å²) in [5, 5.41) is 18.3. The quantitative estimate of drug-likeness (QED) is 0.372. The lowest BCUT2D eigenvalue weighted by molar-refractivity contribution is 0.0697. The normalized spacial score (nSPS) is 11.0. The predicted molar refractivity (Wildman–Crippen MR) is 112 cm³/mol. The van der Waals surface area contributed by atoms with Crippen molar-refractivity contribution in [2.75, 3.05) is 0 Å². The van der Waals surface area contributed by atoms with Crippen LogP contribution in [0.3, 0.4) is 0 Å². The number of aromatic carboxylic acids is 1. The average molecular weight is 452 g/mol. The van der Waals surface area contributed by atoms with Gasteiger partial charge in [0.1, 0.15) is 18.2 Å². The van der Waals surface area contributed by atoms with E-state index in [-0.39, 0.29) is 18.0 Å². The van der Waals surface area contributed by atoms with Gasteiger partial charge in [-0.2, -0.15) is 5.26 Å². The predicted octanol–water partition coefficient (Wildman–Crippen LogP) is 5.93. The standard InChI is InChI=1S/C23H15BrFNO3/c24-21-12-16(11-19(13-26)17-6-8-20(25)9-7-17)3-10-22(21)29-14-15-1-4-18(5-2-15)23(27)28/h1-12H,14H2,(H,27,28). The van der Waals surface area contributed by atoms with Gasteiger partial charge in [-0.05, 0) is 75.1 Å². The summed E-state index contributed by atoms with van der Waals surface area (Å²) in [5.74, 6) is -0.709. The molecule has 3 aromatic carbocycles. The topological polar surface area (TPSA) is 70.3 Å². The highest BCUT2D eigenvalue weighted by Gasteiger charge is 2.06. The molecule has 0 amide bonds. The van der Waals surface area contributed by atoms with Crippen molar-refractivity contribution in [2.45, 2.75) is 6.61 Å². The Morgan fingerprint density at radius 3 is 2.31 bits per heavy atom. The van der Waals surface area contributed by atoms with Gasteiger partial charge in [0.05, 0.1) is 21.7 Å². The van der Waals surface area contributed by atoms with E-state index in [1.807, 2.05) is 12.1 Å². The third kappa shape index (κ3) is 5.31. The summed E-state index contributed by atoms with van der Waals surface area (Å²) in [6, 6.07) is 19.8. The minimum absolute atomic E-state index is 0.223. The van der Waals surface area contributed by atoms with Gasteiger partial charge in [-0.3, -0.25) is 0 Å². The second-order valence-electron chi connectivity index (χ2n) is 6.16. The number of nitrogens with zero attached hydrogens (tertiary/aromatic N) is 1. The van der Waals surface area contributed by atoms with Gasteiger partial charge < -0.3 is 9.84 Å². The minimum Gasteiger partial charge on any atom is -0.488 e. The molecule has 29 heavy (non-hydrogen) atoms. The minimum atomic E-state index is -0.971. The fraction of sp³-hybridized carbons (Fsp3) is 0.0435. The molecule has 0 fully saturated rings. The molecule has 0 aliphatic heterocycles.